The van der Waals surface area contributed by atoms with Gasteiger partial charge >= 0.3 is 12.1 Å². The highest BCUT2D eigenvalue weighted by Crippen LogP contribution is 2.33. The Bertz CT molecular complexity index is 980. The largest absolute Gasteiger partial charge is 0.478 e. The minimum Gasteiger partial charge on any atom is -0.478 e. The molecular weight excluding hydrogens is 403 g/mol. The lowest BCUT2D eigenvalue weighted by Gasteiger charge is -2.22. The van der Waals surface area contributed by atoms with Crippen LogP contribution in [0.15, 0.2) is 41.5 Å². The molecular formula is C20H20F3N3O4. The van der Waals surface area contributed by atoms with Gasteiger partial charge in [0.2, 0.25) is 5.91 Å². The van der Waals surface area contributed by atoms with Crippen molar-refractivity contribution >= 4 is 17.7 Å². The predicted molar refractivity (Wildman–Crippen MR) is 101 cm³/mol. The Morgan fingerprint density at radius 3 is 2.47 bits per heavy atom. The summed E-state index contributed by atoms with van der Waals surface area (Å²) in [6.45, 7) is 0. The van der Waals surface area contributed by atoms with Gasteiger partial charge in [0.25, 0.3) is 5.56 Å². The molecule has 1 unspecified atom stereocenters. The van der Waals surface area contributed by atoms with Crippen molar-refractivity contribution in [2.24, 2.45) is 5.92 Å². The van der Waals surface area contributed by atoms with Gasteiger partial charge in [-0.15, -0.1) is 0 Å². The molecule has 0 radical (unpaired) electrons. The van der Waals surface area contributed by atoms with E-state index in [2.05, 4.69) is 10.3 Å². The Hall–Kier alpha value is -3.17. The van der Waals surface area contributed by atoms with E-state index in [1.54, 1.807) is 0 Å². The van der Waals surface area contributed by atoms with Crippen LogP contribution in [0.4, 0.5) is 19.0 Å². The summed E-state index contributed by atoms with van der Waals surface area (Å²) >= 11 is 0. The normalized spacial score (nSPS) is 15.7. The maximum absolute atomic E-state index is 12.9. The molecule has 1 atom stereocenters. The molecule has 2 N–H and O–H groups in total. The maximum atomic E-state index is 12.9. The smallest absolute Gasteiger partial charge is 0.416 e. The fourth-order valence-corrected chi connectivity index (χ4v) is 3.64. The molecule has 0 aromatic carbocycles. The van der Waals surface area contributed by atoms with E-state index in [9.17, 15) is 27.6 Å². The number of hydrogen-bond donors (Lipinski definition) is 2. The van der Waals surface area contributed by atoms with Crippen LogP contribution in [-0.2, 0) is 11.0 Å². The van der Waals surface area contributed by atoms with E-state index in [-0.39, 0.29) is 17.3 Å². The number of carboxylic acids is 1. The topological polar surface area (TPSA) is 101 Å². The van der Waals surface area contributed by atoms with Crippen molar-refractivity contribution in [2.45, 2.75) is 44.3 Å². The van der Waals surface area contributed by atoms with Gasteiger partial charge in [-0.05, 0) is 30.5 Å². The summed E-state index contributed by atoms with van der Waals surface area (Å²) in [6, 6.07) is 2.82. The van der Waals surface area contributed by atoms with Crippen molar-refractivity contribution in [3.05, 3.63) is 58.1 Å². The molecule has 1 amide bonds. The monoisotopic (exact) mass is 423 g/mol. The lowest BCUT2D eigenvalue weighted by atomic mass is 9.97. The van der Waals surface area contributed by atoms with Crippen molar-refractivity contribution < 1.29 is 27.9 Å². The number of hydrogen-bond acceptors (Lipinski definition) is 4. The molecule has 0 bridgehead atoms. The number of amides is 1. The van der Waals surface area contributed by atoms with Crippen molar-refractivity contribution in [1.29, 1.82) is 0 Å². The highest BCUT2D eigenvalue weighted by molar-refractivity contribution is 5.93. The van der Waals surface area contributed by atoms with E-state index in [1.165, 1.54) is 12.1 Å². The SMILES string of the molecule is O=C(O)c1ccc(NC(=O)C(CC2CCCC2)n2ccc(C(F)(F)F)cc2=O)nc1. The zero-order valence-electron chi connectivity index (χ0n) is 15.9. The zero-order chi connectivity index (χ0) is 21.9. The third-order valence-corrected chi connectivity index (χ3v) is 5.21. The molecule has 30 heavy (non-hydrogen) atoms. The zero-order valence-corrected chi connectivity index (χ0v) is 15.9. The van der Waals surface area contributed by atoms with E-state index in [4.69, 9.17) is 5.11 Å². The average Bonchev–Trinajstić information content (AvgIpc) is 3.19. The van der Waals surface area contributed by atoms with E-state index < -0.39 is 35.2 Å². The highest BCUT2D eigenvalue weighted by Gasteiger charge is 2.33. The fourth-order valence-electron chi connectivity index (χ4n) is 3.64. The molecule has 0 saturated heterocycles. The summed E-state index contributed by atoms with van der Waals surface area (Å²) in [7, 11) is 0. The minimum absolute atomic E-state index is 0.0607. The van der Waals surface area contributed by atoms with Gasteiger partial charge in [0.05, 0.1) is 11.1 Å². The quantitative estimate of drug-likeness (QED) is 0.738. The first-order chi connectivity index (χ1) is 14.1. The van der Waals surface area contributed by atoms with Crippen molar-refractivity contribution in [1.82, 2.24) is 9.55 Å². The number of anilines is 1. The van der Waals surface area contributed by atoms with E-state index >= 15 is 0 Å². The van der Waals surface area contributed by atoms with Gasteiger partial charge in [-0.1, -0.05) is 25.7 Å². The Balaban J connectivity index is 1.87. The number of alkyl halides is 3. The van der Waals surface area contributed by atoms with Crippen LogP contribution >= 0.6 is 0 Å². The lowest BCUT2D eigenvalue weighted by Crippen LogP contribution is -2.34. The lowest BCUT2D eigenvalue weighted by molar-refractivity contribution is -0.137. The first-order valence-corrected chi connectivity index (χ1v) is 9.45. The number of pyridine rings is 2. The van der Waals surface area contributed by atoms with Gasteiger partial charge in [-0.3, -0.25) is 9.59 Å². The van der Waals surface area contributed by atoms with Gasteiger partial charge in [-0.2, -0.15) is 13.2 Å². The number of aromatic nitrogens is 2. The summed E-state index contributed by atoms with van der Waals surface area (Å²) in [5.74, 6) is -1.51. The number of halogens is 3. The third-order valence-electron chi connectivity index (χ3n) is 5.21. The molecule has 7 nitrogen and oxygen atoms in total. The molecule has 2 aromatic rings. The second-order valence-corrected chi connectivity index (χ2v) is 7.29. The number of nitrogens with zero attached hydrogens (tertiary/aromatic N) is 2. The Morgan fingerprint density at radius 2 is 1.93 bits per heavy atom. The summed E-state index contributed by atoms with van der Waals surface area (Å²) in [5.41, 5.74) is -2.05. The van der Waals surface area contributed by atoms with E-state index in [0.717, 1.165) is 48.7 Å². The standard InChI is InChI=1S/C20H20F3N3O4/c21-20(22,23)14-7-8-26(17(27)10-14)15(9-12-3-1-2-4-12)18(28)25-16-6-5-13(11-24-16)19(29)30/h5-8,10-12,15H,1-4,9H2,(H,29,30)(H,24,25,28). The first kappa shape index (κ1) is 21.5. The molecule has 3 rings (SSSR count). The fraction of sp³-hybridized carbons (Fsp3) is 0.400. The Labute approximate surface area is 169 Å². The predicted octanol–water partition coefficient (Wildman–Crippen LogP) is 3.72. The minimum atomic E-state index is -4.66. The molecule has 0 spiro atoms. The molecule has 0 aliphatic heterocycles. The second-order valence-electron chi connectivity index (χ2n) is 7.29. The van der Waals surface area contributed by atoms with Gasteiger partial charge in [0.15, 0.2) is 0 Å². The maximum Gasteiger partial charge on any atom is 0.416 e. The van der Waals surface area contributed by atoms with E-state index in [1.807, 2.05) is 0 Å². The van der Waals surface area contributed by atoms with Crippen LogP contribution in [0, 0.1) is 5.92 Å². The number of rotatable bonds is 6. The number of nitrogens with one attached hydrogen (secondary N) is 1. The van der Waals surface area contributed by atoms with Crippen LogP contribution in [-0.4, -0.2) is 26.5 Å². The highest BCUT2D eigenvalue weighted by atomic mass is 19.4. The molecule has 2 aromatic heterocycles. The number of carbonyl (C=O) groups is 2. The number of carbonyl (C=O) groups excluding carboxylic acids is 1. The Morgan fingerprint density at radius 1 is 1.23 bits per heavy atom. The van der Waals surface area contributed by atoms with Gasteiger partial charge in [-0.25, -0.2) is 9.78 Å². The van der Waals surface area contributed by atoms with Crippen LogP contribution in [0.5, 0.6) is 0 Å². The van der Waals surface area contributed by atoms with Gasteiger partial charge in [0.1, 0.15) is 11.9 Å². The molecule has 1 saturated carbocycles. The van der Waals surface area contributed by atoms with E-state index in [0.29, 0.717) is 12.5 Å². The van der Waals surface area contributed by atoms with Gasteiger partial charge in [0, 0.05) is 18.5 Å². The number of carboxylic acid groups (broad SMARTS) is 1. The summed E-state index contributed by atoms with van der Waals surface area (Å²) in [6.07, 6.45) is 1.48. The van der Waals surface area contributed by atoms with Crippen LogP contribution < -0.4 is 10.9 Å². The molecule has 2 heterocycles. The first-order valence-electron chi connectivity index (χ1n) is 9.45. The van der Waals surface area contributed by atoms with Gasteiger partial charge < -0.3 is 15.0 Å². The molecule has 1 aliphatic carbocycles. The molecule has 160 valence electrons. The second kappa shape index (κ2) is 8.68. The van der Waals surface area contributed by atoms with Crippen LogP contribution in [0.25, 0.3) is 0 Å². The Kier molecular flexibility index (Phi) is 6.23. The van der Waals surface area contributed by atoms with Crippen LogP contribution in [0.1, 0.15) is 54.1 Å². The van der Waals surface area contributed by atoms with Crippen LogP contribution in [0.3, 0.4) is 0 Å². The number of aromatic carboxylic acids is 1. The third kappa shape index (κ3) is 5.05. The molecule has 1 fully saturated rings. The summed E-state index contributed by atoms with van der Waals surface area (Å²) in [4.78, 5) is 40.1. The average molecular weight is 423 g/mol. The summed E-state index contributed by atoms with van der Waals surface area (Å²) in [5, 5.41) is 11.4. The van der Waals surface area contributed by atoms with Crippen LogP contribution in [0.2, 0.25) is 0 Å². The molecule has 1 aliphatic rings. The van der Waals surface area contributed by atoms with Crippen molar-refractivity contribution in [3.63, 3.8) is 0 Å². The summed E-state index contributed by atoms with van der Waals surface area (Å²) < 4.78 is 39.7. The van der Waals surface area contributed by atoms with Crippen molar-refractivity contribution in [2.75, 3.05) is 5.32 Å². The van der Waals surface area contributed by atoms with Crippen molar-refractivity contribution in [3.8, 4) is 0 Å². The molecule has 10 heteroatoms.